The van der Waals surface area contributed by atoms with Crippen LogP contribution in [0.4, 0.5) is 0 Å². The van der Waals surface area contributed by atoms with Crippen LogP contribution in [-0.2, 0) is 4.79 Å². The third-order valence-corrected chi connectivity index (χ3v) is 5.37. The number of piperidine rings is 1. The molecule has 1 aliphatic carbocycles. The summed E-state index contributed by atoms with van der Waals surface area (Å²) >= 11 is 0. The molecule has 0 radical (unpaired) electrons. The molecule has 1 saturated carbocycles. The number of nitrogens with two attached hydrogens (primary N) is 1. The van der Waals surface area contributed by atoms with E-state index in [1.54, 1.807) is 7.11 Å². The van der Waals surface area contributed by atoms with E-state index in [4.69, 9.17) is 10.5 Å². The van der Waals surface area contributed by atoms with Crippen LogP contribution in [0.1, 0.15) is 42.5 Å². The van der Waals surface area contributed by atoms with E-state index in [0.29, 0.717) is 13.1 Å². The molecular formula is C19H27ClN2O3. The first-order chi connectivity index (χ1) is 11.6. The molecule has 1 amide bonds. The summed E-state index contributed by atoms with van der Waals surface area (Å²) in [5, 5.41) is 0. The molecule has 1 aromatic rings. The van der Waals surface area contributed by atoms with Gasteiger partial charge in [-0.15, -0.1) is 12.4 Å². The van der Waals surface area contributed by atoms with Crippen molar-refractivity contribution in [2.75, 3.05) is 20.2 Å². The largest absolute Gasteiger partial charge is 0.497 e. The van der Waals surface area contributed by atoms with Crippen molar-refractivity contribution < 1.29 is 14.3 Å². The van der Waals surface area contributed by atoms with Crippen molar-refractivity contribution in [3.63, 3.8) is 0 Å². The molecule has 0 bridgehead atoms. The molecule has 2 N–H and O–H groups in total. The van der Waals surface area contributed by atoms with Crippen molar-refractivity contribution >= 4 is 24.1 Å². The fraction of sp³-hybridized carbons (Fsp3) is 0.579. The van der Waals surface area contributed by atoms with Crippen LogP contribution in [0.5, 0.6) is 5.75 Å². The van der Waals surface area contributed by atoms with E-state index < -0.39 is 0 Å². The second kappa shape index (κ2) is 8.68. The number of benzene rings is 1. The molecule has 2 aliphatic rings. The van der Waals surface area contributed by atoms with E-state index in [1.165, 1.54) is 0 Å². The summed E-state index contributed by atoms with van der Waals surface area (Å²) in [5.41, 5.74) is 6.64. The highest BCUT2D eigenvalue weighted by molar-refractivity contribution is 5.98. The standard InChI is InChI=1S/C19H26N2O3.ClH/c1-24-17-6-3-13(4-7-17)18(22)14-8-10-21(11-9-14)19(23)15-2-5-16(20)12-15;/h3-4,6-7,14-16H,2,5,8-12,20H2,1H3;1H. The van der Waals surface area contributed by atoms with Crippen LogP contribution in [0, 0.1) is 11.8 Å². The smallest absolute Gasteiger partial charge is 0.225 e. The number of hydrogen-bond acceptors (Lipinski definition) is 4. The molecule has 3 rings (SSSR count). The summed E-state index contributed by atoms with van der Waals surface area (Å²) in [7, 11) is 1.61. The maximum atomic E-state index is 12.6. The number of carbonyl (C=O) groups excluding carboxylic acids is 2. The van der Waals surface area contributed by atoms with E-state index in [0.717, 1.165) is 43.4 Å². The van der Waals surface area contributed by atoms with Gasteiger partial charge in [-0.2, -0.15) is 0 Å². The monoisotopic (exact) mass is 366 g/mol. The molecule has 6 heteroatoms. The Balaban J connectivity index is 0.00000225. The van der Waals surface area contributed by atoms with E-state index >= 15 is 0 Å². The minimum Gasteiger partial charge on any atom is -0.497 e. The molecular weight excluding hydrogens is 340 g/mol. The molecule has 1 aliphatic heterocycles. The molecule has 1 saturated heterocycles. The summed E-state index contributed by atoms with van der Waals surface area (Å²) in [6.45, 7) is 1.36. The number of rotatable bonds is 4. The van der Waals surface area contributed by atoms with Gasteiger partial charge in [0.15, 0.2) is 5.78 Å². The number of ether oxygens (including phenoxy) is 1. The lowest BCUT2D eigenvalue weighted by Gasteiger charge is -2.33. The molecule has 2 atom stereocenters. The Kier molecular flexibility index (Phi) is 6.85. The molecule has 2 unspecified atom stereocenters. The van der Waals surface area contributed by atoms with Gasteiger partial charge in [0.1, 0.15) is 5.75 Å². The highest BCUT2D eigenvalue weighted by Gasteiger charge is 2.34. The van der Waals surface area contributed by atoms with Gasteiger partial charge in [0, 0.05) is 36.5 Å². The van der Waals surface area contributed by atoms with Crippen LogP contribution < -0.4 is 10.5 Å². The van der Waals surface area contributed by atoms with Gasteiger partial charge in [0.2, 0.25) is 5.91 Å². The number of carbonyl (C=O) groups is 2. The highest BCUT2D eigenvalue weighted by Crippen LogP contribution is 2.29. The van der Waals surface area contributed by atoms with Crippen molar-refractivity contribution in [1.82, 2.24) is 4.90 Å². The van der Waals surface area contributed by atoms with E-state index in [1.807, 2.05) is 29.2 Å². The van der Waals surface area contributed by atoms with Crippen LogP contribution in [-0.4, -0.2) is 42.8 Å². The summed E-state index contributed by atoms with van der Waals surface area (Å²) in [5.74, 6) is 1.26. The van der Waals surface area contributed by atoms with Crippen molar-refractivity contribution in [2.45, 2.75) is 38.1 Å². The molecule has 1 heterocycles. The third kappa shape index (κ3) is 4.53. The topological polar surface area (TPSA) is 72.6 Å². The molecule has 1 aromatic carbocycles. The summed E-state index contributed by atoms with van der Waals surface area (Å²) in [6, 6.07) is 7.44. The Morgan fingerprint density at radius 2 is 1.68 bits per heavy atom. The average Bonchev–Trinajstić information content (AvgIpc) is 3.07. The predicted octanol–water partition coefficient (Wildman–Crippen LogP) is 2.67. The maximum absolute atomic E-state index is 12.6. The van der Waals surface area contributed by atoms with Crippen LogP contribution in [0.25, 0.3) is 0 Å². The first-order valence-corrected chi connectivity index (χ1v) is 8.81. The number of ketones is 1. The fourth-order valence-electron chi connectivity index (χ4n) is 3.85. The number of likely N-dealkylation sites (tertiary alicyclic amines) is 1. The quantitative estimate of drug-likeness (QED) is 0.831. The molecule has 2 fully saturated rings. The predicted molar refractivity (Wildman–Crippen MR) is 99.2 cm³/mol. The van der Waals surface area contributed by atoms with Gasteiger partial charge in [-0.25, -0.2) is 0 Å². The van der Waals surface area contributed by atoms with Gasteiger partial charge < -0.3 is 15.4 Å². The molecule has 0 spiro atoms. The second-order valence-corrected chi connectivity index (χ2v) is 6.96. The molecule has 138 valence electrons. The summed E-state index contributed by atoms with van der Waals surface area (Å²) in [4.78, 5) is 27.1. The fourth-order valence-corrected chi connectivity index (χ4v) is 3.85. The lowest BCUT2D eigenvalue weighted by Crippen LogP contribution is -2.43. The Hall–Kier alpha value is -1.59. The lowest BCUT2D eigenvalue weighted by atomic mass is 9.88. The molecule has 25 heavy (non-hydrogen) atoms. The van der Waals surface area contributed by atoms with Gasteiger partial charge in [0.25, 0.3) is 0 Å². The summed E-state index contributed by atoms with van der Waals surface area (Å²) < 4.78 is 5.13. The minimum atomic E-state index is 0. The lowest BCUT2D eigenvalue weighted by molar-refractivity contribution is -0.136. The van der Waals surface area contributed by atoms with Gasteiger partial charge in [0.05, 0.1) is 7.11 Å². The molecule has 0 aromatic heterocycles. The Bertz CT molecular complexity index is 597. The summed E-state index contributed by atoms with van der Waals surface area (Å²) in [6.07, 6.45) is 4.15. The van der Waals surface area contributed by atoms with Crippen molar-refractivity contribution in [3.8, 4) is 5.75 Å². The van der Waals surface area contributed by atoms with E-state index in [2.05, 4.69) is 0 Å². The number of amides is 1. The zero-order valence-electron chi connectivity index (χ0n) is 14.6. The van der Waals surface area contributed by atoms with E-state index in [-0.39, 0.29) is 42.0 Å². The van der Waals surface area contributed by atoms with Crippen LogP contribution in [0.15, 0.2) is 24.3 Å². The average molecular weight is 367 g/mol. The number of Topliss-reactive ketones (excluding diaryl/α,β-unsaturated/α-hetero) is 1. The maximum Gasteiger partial charge on any atom is 0.225 e. The van der Waals surface area contributed by atoms with Crippen LogP contribution in [0.2, 0.25) is 0 Å². The Labute approximate surface area is 155 Å². The second-order valence-electron chi connectivity index (χ2n) is 6.96. The number of nitrogens with zero attached hydrogens (tertiary/aromatic N) is 1. The minimum absolute atomic E-state index is 0. The van der Waals surface area contributed by atoms with E-state index in [9.17, 15) is 9.59 Å². The zero-order valence-corrected chi connectivity index (χ0v) is 15.5. The highest BCUT2D eigenvalue weighted by atomic mass is 35.5. The SMILES string of the molecule is COc1ccc(C(=O)C2CCN(C(=O)C3CCC(N)C3)CC2)cc1.Cl. The van der Waals surface area contributed by atoms with Gasteiger partial charge in [-0.1, -0.05) is 0 Å². The first kappa shape index (κ1) is 19.7. The molecule has 5 nitrogen and oxygen atoms in total. The Morgan fingerprint density at radius 1 is 1.04 bits per heavy atom. The van der Waals surface area contributed by atoms with Gasteiger partial charge >= 0.3 is 0 Å². The number of methoxy groups -OCH3 is 1. The number of halogens is 1. The third-order valence-electron chi connectivity index (χ3n) is 5.37. The van der Waals surface area contributed by atoms with Crippen LogP contribution >= 0.6 is 12.4 Å². The zero-order chi connectivity index (χ0) is 17.1. The first-order valence-electron chi connectivity index (χ1n) is 8.81. The normalized spacial score (nSPS) is 23.8. The Morgan fingerprint density at radius 3 is 2.20 bits per heavy atom. The van der Waals surface area contributed by atoms with Crippen molar-refractivity contribution in [1.29, 1.82) is 0 Å². The van der Waals surface area contributed by atoms with Crippen LogP contribution in [0.3, 0.4) is 0 Å². The van der Waals surface area contributed by atoms with Crippen molar-refractivity contribution in [2.24, 2.45) is 17.6 Å². The number of hydrogen-bond donors (Lipinski definition) is 1. The van der Waals surface area contributed by atoms with Crippen molar-refractivity contribution in [3.05, 3.63) is 29.8 Å². The van der Waals surface area contributed by atoms with Gasteiger partial charge in [-0.3, -0.25) is 9.59 Å². The van der Waals surface area contributed by atoms with Gasteiger partial charge in [-0.05, 0) is 56.4 Å².